The normalized spacial score (nSPS) is 20.3. The van der Waals surface area contributed by atoms with Gasteiger partial charge in [0.2, 0.25) is 5.91 Å². The maximum atomic E-state index is 12.8. The van der Waals surface area contributed by atoms with Crippen LogP contribution in [0.25, 0.3) is 10.9 Å². The number of aromatic amines is 1. The second-order valence-electron chi connectivity index (χ2n) is 7.20. The molecule has 0 bridgehead atoms. The number of hydrogen-bond acceptors (Lipinski definition) is 4. The van der Waals surface area contributed by atoms with E-state index < -0.39 is 0 Å². The highest BCUT2D eigenvalue weighted by molar-refractivity contribution is 5.78. The zero-order valence-electron chi connectivity index (χ0n) is 14.9. The van der Waals surface area contributed by atoms with Crippen molar-refractivity contribution in [2.45, 2.75) is 58.2 Å². The van der Waals surface area contributed by atoms with Crippen molar-refractivity contribution < 1.29 is 4.79 Å². The molecule has 0 saturated heterocycles. The van der Waals surface area contributed by atoms with E-state index in [-0.39, 0.29) is 29.5 Å². The maximum Gasteiger partial charge on any atom is 0.258 e. The number of aromatic nitrogens is 2. The smallest absolute Gasteiger partial charge is 0.258 e. The van der Waals surface area contributed by atoms with E-state index >= 15 is 0 Å². The lowest BCUT2D eigenvalue weighted by molar-refractivity contribution is -0.134. The SMILES string of the molecule is CC(C)N(Cc1nc2ccccc2c(=O)[nH]1)C(=O)C[C@@H]1CCC[C@H]1N. The molecule has 1 aliphatic carbocycles. The van der Waals surface area contributed by atoms with E-state index in [0.29, 0.717) is 29.7 Å². The van der Waals surface area contributed by atoms with Crippen molar-refractivity contribution in [1.29, 1.82) is 0 Å². The number of carbonyl (C=O) groups is 1. The van der Waals surface area contributed by atoms with Gasteiger partial charge >= 0.3 is 0 Å². The summed E-state index contributed by atoms with van der Waals surface area (Å²) >= 11 is 0. The lowest BCUT2D eigenvalue weighted by Crippen LogP contribution is -2.39. The molecule has 3 N–H and O–H groups in total. The second kappa shape index (κ2) is 7.35. The second-order valence-corrected chi connectivity index (χ2v) is 7.20. The molecular weight excluding hydrogens is 316 g/mol. The summed E-state index contributed by atoms with van der Waals surface area (Å²) in [5.74, 6) is 0.854. The van der Waals surface area contributed by atoms with Crippen LogP contribution in [0.3, 0.4) is 0 Å². The van der Waals surface area contributed by atoms with E-state index in [4.69, 9.17) is 5.73 Å². The van der Waals surface area contributed by atoms with Crippen molar-refractivity contribution in [3.8, 4) is 0 Å². The van der Waals surface area contributed by atoms with E-state index in [0.717, 1.165) is 19.3 Å². The predicted octanol–water partition coefficient (Wildman–Crippen LogP) is 2.18. The first kappa shape index (κ1) is 17.6. The van der Waals surface area contributed by atoms with Gasteiger partial charge in [0, 0.05) is 18.5 Å². The first-order chi connectivity index (χ1) is 12.0. The third kappa shape index (κ3) is 3.90. The van der Waals surface area contributed by atoms with Crippen molar-refractivity contribution in [3.63, 3.8) is 0 Å². The number of carbonyl (C=O) groups excluding carboxylic acids is 1. The Morgan fingerprint density at radius 2 is 2.12 bits per heavy atom. The van der Waals surface area contributed by atoms with Crippen LogP contribution in [0.2, 0.25) is 0 Å². The van der Waals surface area contributed by atoms with Gasteiger partial charge in [-0.05, 0) is 44.7 Å². The molecule has 0 unspecified atom stereocenters. The highest BCUT2D eigenvalue weighted by atomic mass is 16.2. The summed E-state index contributed by atoms with van der Waals surface area (Å²) in [5.41, 5.74) is 6.58. The highest BCUT2D eigenvalue weighted by Crippen LogP contribution is 2.28. The third-order valence-electron chi connectivity index (χ3n) is 5.08. The number of nitrogens with zero attached hydrogens (tertiary/aromatic N) is 2. The Morgan fingerprint density at radius 1 is 1.36 bits per heavy atom. The minimum Gasteiger partial charge on any atom is -0.333 e. The summed E-state index contributed by atoms with van der Waals surface area (Å²) < 4.78 is 0. The van der Waals surface area contributed by atoms with E-state index in [1.54, 1.807) is 11.0 Å². The zero-order valence-corrected chi connectivity index (χ0v) is 14.9. The minimum atomic E-state index is -0.172. The molecule has 1 heterocycles. The Morgan fingerprint density at radius 3 is 2.80 bits per heavy atom. The Balaban J connectivity index is 1.80. The lowest BCUT2D eigenvalue weighted by atomic mass is 9.99. The summed E-state index contributed by atoms with van der Waals surface area (Å²) in [6.07, 6.45) is 3.58. The molecule has 0 spiro atoms. The fourth-order valence-corrected chi connectivity index (χ4v) is 3.59. The minimum absolute atomic E-state index is 0.0295. The number of fused-ring (bicyclic) bond motifs is 1. The molecule has 0 aliphatic heterocycles. The monoisotopic (exact) mass is 342 g/mol. The molecular formula is C19H26N4O2. The van der Waals surface area contributed by atoms with Gasteiger partial charge in [-0.3, -0.25) is 9.59 Å². The van der Waals surface area contributed by atoms with Gasteiger partial charge in [-0.15, -0.1) is 0 Å². The molecule has 1 fully saturated rings. The number of nitrogens with two attached hydrogens (primary N) is 1. The largest absolute Gasteiger partial charge is 0.333 e. The van der Waals surface area contributed by atoms with Crippen LogP contribution in [0.4, 0.5) is 0 Å². The maximum absolute atomic E-state index is 12.8. The van der Waals surface area contributed by atoms with Crippen LogP contribution in [-0.4, -0.2) is 32.9 Å². The molecule has 1 amide bonds. The third-order valence-corrected chi connectivity index (χ3v) is 5.08. The van der Waals surface area contributed by atoms with Crippen LogP contribution in [0.1, 0.15) is 45.4 Å². The van der Waals surface area contributed by atoms with E-state index in [2.05, 4.69) is 9.97 Å². The number of hydrogen-bond donors (Lipinski definition) is 2. The van der Waals surface area contributed by atoms with Gasteiger partial charge in [-0.25, -0.2) is 4.98 Å². The van der Waals surface area contributed by atoms with Crippen molar-refractivity contribution in [1.82, 2.24) is 14.9 Å². The molecule has 6 heteroatoms. The zero-order chi connectivity index (χ0) is 18.0. The van der Waals surface area contributed by atoms with E-state index in [1.165, 1.54) is 0 Å². The quantitative estimate of drug-likeness (QED) is 0.871. The fourth-order valence-electron chi connectivity index (χ4n) is 3.59. The van der Waals surface area contributed by atoms with Gasteiger partial charge < -0.3 is 15.6 Å². The summed E-state index contributed by atoms with van der Waals surface area (Å²) in [6.45, 7) is 4.26. The summed E-state index contributed by atoms with van der Waals surface area (Å²) in [4.78, 5) is 34.1. The molecule has 1 aromatic heterocycles. The molecule has 3 rings (SSSR count). The topological polar surface area (TPSA) is 92.1 Å². The number of H-pyrrole nitrogens is 1. The van der Waals surface area contributed by atoms with Gasteiger partial charge in [-0.2, -0.15) is 0 Å². The molecule has 2 aromatic rings. The van der Waals surface area contributed by atoms with E-state index in [9.17, 15) is 9.59 Å². The van der Waals surface area contributed by atoms with Crippen LogP contribution in [0, 0.1) is 5.92 Å². The Hall–Kier alpha value is -2.21. The van der Waals surface area contributed by atoms with E-state index in [1.807, 2.05) is 32.0 Å². The fraction of sp³-hybridized carbons (Fsp3) is 0.526. The van der Waals surface area contributed by atoms with Crippen molar-refractivity contribution in [2.24, 2.45) is 11.7 Å². The molecule has 1 aliphatic rings. The van der Waals surface area contributed by atoms with Gasteiger partial charge in [0.05, 0.1) is 17.4 Å². The summed E-state index contributed by atoms with van der Waals surface area (Å²) in [7, 11) is 0. The first-order valence-electron chi connectivity index (χ1n) is 8.98. The number of amides is 1. The number of nitrogens with one attached hydrogen (secondary N) is 1. The Labute approximate surface area is 147 Å². The van der Waals surface area contributed by atoms with Crippen molar-refractivity contribution in [2.75, 3.05) is 0 Å². The molecule has 0 radical (unpaired) electrons. The van der Waals surface area contributed by atoms with Crippen LogP contribution >= 0.6 is 0 Å². The Bertz CT molecular complexity index is 814. The van der Waals surface area contributed by atoms with Crippen LogP contribution in [-0.2, 0) is 11.3 Å². The molecule has 134 valence electrons. The molecule has 1 saturated carbocycles. The average molecular weight is 342 g/mol. The standard InChI is InChI=1S/C19H26N4O2/c1-12(2)23(18(24)10-13-6-5-8-15(13)20)11-17-21-16-9-4-3-7-14(16)19(25)22-17/h3-4,7,9,12-13,15H,5-6,8,10-11,20H2,1-2H3,(H,21,22,25)/t13-,15+/m0/s1. The molecule has 1 aromatic carbocycles. The predicted molar refractivity (Wildman–Crippen MR) is 98.0 cm³/mol. The number of para-hydroxylation sites is 1. The summed E-state index contributed by atoms with van der Waals surface area (Å²) in [5, 5.41) is 0.561. The van der Waals surface area contributed by atoms with Crippen molar-refractivity contribution >= 4 is 16.8 Å². The average Bonchev–Trinajstić information content (AvgIpc) is 2.97. The number of rotatable bonds is 5. The van der Waals surface area contributed by atoms with Crippen LogP contribution in [0.15, 0.2) is 29.1 Å². The molecule has 25 heavy (non-hydrogen) atoms. The van der Waals surface area contributed by atoms with Gasteiger partial charge in [-0.1, -0.05) is 18.6 Å². The lowest BCUT2D eigenvalue weighted by Gasteiger charge is -2.28. The summed E-state index contributed by atoms with van der Waals surface area (Å²) in [6, 6.07) is 7.38. The van der Waals surface area contributed by atoms with Crippen LogP contribution in [0.5, 0.6) is 0 Å². The number of benzene rings is 1. The highest BCUT2D eigenvalue weighted by Gasteiger charge is 2.29. The Kier molecular flexibility index (Phi) is 5.18. The molecule has 6 nitrogen and oxygen atoms in total. The molecule has 2 atom stereocenters. The van der Waals surface area contributed by atoms with Gasteiger partial charge in [0.25, 0.3) is 5.56 Å². The van der Waals surface area contributed by atoms with Gasteiger partial charge in [0.15, 0.2) is 0 Å². The van der Waals surface area contributed by atoms with Crippen LogP contribution < -0.4 is 11.3 Å². The first-order valence-corrected chi connectivity index (χ1v) is 8.98. The van der Waals surface area contributed by atoms with Gasteiger partial charge in [0.1, 0.15) is 5.82 Å². The van der Waals surface area contributed by atoms with Crippen molar-refractivity contribution in [3.05, 3.63) is 40.4 Å².